The van der Waals surface area contributed by atoms with Gasteiger partial charge in [0, 0.05) is 11.8 Å². The van der Waals surface area contributed by atoms with Gasteiger partial charge >= 0.3 is 0 Å². The van der Waals surface area contributed by atoms with Crippen LogP contribution < -0.4 is 5.73 Å². The van der Waals surface area contributed by atoms with Gasteiger partial charge in [-0.15, -0.1) is 0 Å². The van der Waals surface area contributed by atoms with Gasteiger partial charge in [-0.3, -0.25) is 15.1 Å². The molecule has 13 heavy (non-hydrogen) atoms. The predicted molar refractivity (Wildman–Crippen MR) is 48.3 cm³/mol. The van der Waals surface area contributed by atoms with Crippen LogP contribution in [0.25, 0.3) is 0 Å². The van der Waals surface area contributed by atoms with E-state index in [1.54, 1.807) is 6.07 Å². The zero-order valence-electron chi connectivity index (χ0n) is 7.14. The first-order chi connectivity index (χ1) is 6.24. The Kier molecular flexibility index (Phi) is 3.33. The number of aromatic nitrogens is 1. The fraction of sp³-hybridized carbons (Fsp3) is 0.375. The molecule has 70 valence electrons. The van der Waals surface area contributed by atoms with Crippen molar-refractivity contribution in [2.75, 3.05) is 6.54 Å². The number of rotatable bonds is 4. The highest BCUT2D eigenvalue weighted by molar-refractivity contribution is 5.26. The van der Waals surface area contributed by atoms with Crippen LogP contribution in [0.5, 0.6) is 0 Å². The monoisotopic (exact) mass is 181 g/mol. The number of pyridine rings is 1. The number of nitrogens with zero attached hydrogens (tertiary/aromatic N) is 2. The molecule has 0 radical (unpaired) electrons. The van der Waals surface area contributed by atoms with Gasteiger partial charge in [-0.2, -0.15) is 0 Å². The van der Waals surface area contributed by atoms with Crippen LogP contribution in [0.2, 0.25) is 0 Å². The van der Waals surface area contributed by atoms with Crippen LogP contribution in [0.4, 0.5) is 5.69 Å². The van der Waals surface area contributed by atoms with Crippen molar-refractivity contribution in [3.63, 3.8) is 0 Å². The lowest BCUT2D eigenvalue weighted by atomic mass is 10.2. The van der Waals surface area contributed by atoms with Crippen molar-refractivity contribution in [3.8, 4) is 0 Å². The lowest BCUT2D eigenvalue weighted by molar-refractivity contribution is -0.385. The molecule has 0 spiro atoms. The molecule has 5 nitrogen and oxygen atoms in total. The summed E-state index contributed by atoms with van der Waals surface area (Å²) in [6.07, 6.45) is 2.89. The molecule has 0 aliphatic heterocycles. The molecule has 0 fully saturated rings. The van der Waals surface area contributed by atoms with Crippen molar-refractivity contribution in [3.05, 3.63) is 34.1 Å². The first-order valence-corrected chi connectivity index (χ1v) is 4.03. The minimum Gasteiger partial charge on any atom is -0.330 e. The number of hydrogen-bond acceptors (Lipinski definition) is 4. The molecular formula is C8H11N3O2. The molecular weight excluding hydrogens is 170 g/mol. The van der Waals surface area contributed by atoms with Gasteiger partial charge in [-0.25, -0.2) is 0 Å². The van der Waals surface area contributed by atoms with Gasteiger partial charge in [-0.1, -0.05) is 0 Å². The minimum atomic E-state index is -0.459. The molecule has 0 unspecified atom stereocenters. The number of aryl methyl sites for hydroxylation is 1. The zero-order chi connectivity index (χ0) is 9.68. The normalized spacial score (nSPS) is 9.92. The molecule has 0 amide bonds. The van der Waals surface area contributed by atoms with E-state index in [9.17, 15) is 10.1 Å². The van der Waals surface area contributed by atoms with Gasteiger partial charge in [-0.05, 0) is 25.5 Å². The van der Waals surface area contributed by atoms with Crippen LogP contribution in [-0.2, 0) is 6.42 Å². The van der Waals surface area contributed by atoms with Crippen LogP contribution in [0.1, 0.15) is 12.1 Å². The first kappa shape index (κ1) is 9.60. The number of hydrogen-bond donors (Lipinski definition) is 1. The molecule has 5 heteroatoms. The topological polar surface area (TPSA) is 82.0 Å². The number of nitro groups is 1. The second-order valence-electron chi connectivity index (χ2n) is 2.66. The van der Waals surface area contributed by atoms with Gasteiger partial charge < -0.3 is 5.73 Å². The quantitative estimate of drug-likeness (QED) is 0.552. The zero-order valence-corrected chi connectivity index (χ0v) is 7.14. The van der Waals surface area contributed by atoms with E-state index in [4.69, 9.17) is 5.73 Å². The largest absolute Gasteiger partial charge is 0.330 e. The van der Waals surface area contributed by atoms with Crippen molar-refractivity contribution < 1.29 is 4.92 Å². The van der Waals surface area contributed by atoms with Gasteiger partial charge in [0.05, 0.1) is 4.92 Å². The van der Waals surface area contributed by atoms with Gasteiger partial charge in [0.1, 0.15) is 6.20 Å². The highest BCUT2D eigenvalue weighted by Crippen LogP contribution is 2.09. The Morgan fingerprint density at radius 2 is 2.31 bits per heavy atom. The molecule has 0 saturated carbocycles. The van der Waals surface area contributed by atoms with Gasteiger partial charge in [0.25, 0.3) is 5.69 Å². The Labute approximate surface area is 75.7 Å². The van der Waals surface area contributed by atoms with E-state index in [1.165, 1.54) is 12.3 Å². The van der Waals surface area contributed by atoms with E-state index in [2.05, 4.69) is 4.98 Å². The smallest absolute Gasteiger partial charge is 0.287 e. The second kappa shape index (κ2) is 4.51. The molecule has 0 atom stereocenters. The molecule has 1 rings (SSSR count). The maximum atomic E-state index is 10.3. The van der Waals surface area contributed by atoms with Crippen LogP contribution in [0.3, 0.4) is 0 Å². The lowest BCUT2D eigenvalue weighted by Crippen LogP contribution is -2.01. The van der Waals surface area contributed by atoms with Crippen molar-refractivity contribution >= 4 is 5.69 Å². The van der Waals surface area contributed by atoms with Crippen LogP contribution in [-0.4, -0.2) is 16.5 Å². The molecule has 2 N–H and O–H groups in total. The van der Waals surface area contributed by atoms with Crippen molar-refractivity contribution in [1.82, 2.24) is 4.98 Å². The summed E-state index contributed by atoms with van der Waals surface area (Å²) >= 11 is 0. The third-order valence-electron chi connectivity index (χ3n) is 1.66. The molecule has 0 bridgehead atoms. The summed E-state index contributed by atoms with van der Waals surface area (Å²) in [4.78, 5) is 13.8. The maximum Gasteiger partial charge on any atom is 0.287 e. The average molecular weight is 181 g/mol. The van der Waals surface area contributed by atoms with Crippen molar-refractivity contribution in [2.24, 2.45) is 5.73 Å². The fourth-order valence-electron chi connectivity index (χ4n) is 0.956. The summed E-state index contributed by atoms with van der Waals surface area (Å²) in [6.45, 7) is 0.610. The summed E-state index contributed by atoms with van der Waals surface area (Å²) in [7, 11) is 0. The summed E-state index contributed by atoms with van der Waals surface area (Å²) in [5.41, 5.74) is 6.19. The second-order valence-corrected chi connectivity index (χ2v) is 2.66. The van der Waals surface area contributed by atoms with Crippen LogP contribution in [0.15, 0.2) is 18.3 Å². The average Bonchev–Trinajstić information content (AvgIpc) is 2.15. The number of nitrogens with two attached hydrogens (primary N) is 1. The standard InChI is InChI=1S/C8H11N3O2/c9-5-1-2-7-3-4-8(6-10-7)11(12)13/h3-4,6H,1-2,5,9H2. The molecule has 1 heterocycles. The van der Waals surface area contributed by atoms with Crippen LogP contribution in [0, 0.1) is 10.1 Å². The Hall–Kier alpha value is -1.49. The Morgan fingerprint density at radius 1 is 1.54 bits per heavy atom. The molecule has 1 aromatic rings. The molecule has 1 aromatic heterocycles. The van der Waals surface area contributed by atoms with E-state index in [0.29, 0.717) is 6.54 Å². The summed E-state index contributed by atoms with van der Waals surface area (Å²) in [5, 5.41) is 10.3. The fourth-order valence-corrected chi connectivity index (χ4v) is 0.956. The van der Waals surface area contributed by atoms with E-state index in [1.807, 2.05) is 0 Å². The molecule has 0 aromatic carbocycles. The van der Waals surface area contributed by atoms with E-state index in [-0.39, 0.29) is 5.69 Å². The first-order valence-electron chi connectivity index (χ1n) is 4.03. The van der Waals surface area contributed by atoms with Gasteiger partial charge in [0.2, 0.25) is 0 Å². The summed E-state index contributed by atoms with van der Waals surface area (Å²) in [6, 6.07) is 3.12. The SMILES string of the molecule is NCCCc1ccc([N+](=O)[O-])cn1. The highest BCUT2D eigenvalue weighted by atomic mass is 16.6. The van der Waals surface area contributed by atoms with E-state index >= 15 is 0 Å². The summed E-state index contributed by atoms with van der Waals surface area (Å²) < 4.78 is 0. The maximum absolute atomic E-state index is 10.3. The molecule has 0 aliphatic rings. The Bertz CT molecular complexity index is 284. The predicted octanol–water partition coefficient (Wildman–Crippen LogP) is 0.881. The van der Waals surface area contributed by atoms with Crippen molar-refractivity contribution in [2.45, 2.75) is 12.8 Å². The molecule has 0 saturated heterocycles. The van der Waals surface area contributed by atoms with Crippen LogP contribution >= 0.6 is 0 Å². The van der Waals surface area contributed by atoms with Crippen molar-refractivity contribution in [1.29, 1.82) is 0 Å². The third-order valence-corrected chi connectivity index (χ3v) is 1.66. The van der Waals surface area contributed by atoms with E-state index < -0.39 is 4.92 Å². The third kappa shape index (κ3) is 2.79. The Morgan fingerprint density at radius 3 is 2.77 bits per heavy atom. The Balaban J connectivity index is 2.64. The minimum absolute atomic E-state index is 0.0245. The molecule has 0 aliphatic carbocycles. The highest BCUT2D eigenvalue weighted by Gasteiger charge is 2.04. The van der Waals surface area contributed by atoms with E-state index in [0.717, 1.165) is 18.5 Å². The van der Waals surface area contributed by atoms with Gasteiger partial charge in [0.15, 0.2) is 0 Å². The lowest BCUT2D eigenvalue weighted by Gasteiger charge is -1.97. The summed E-state index contributed by atoms with van der Waals surface area (Å²) in [5.74, 6) is 0.